The molecule has 0 radical (unpaired) electrons. The first-order valence-electron chi connectivity index (χ1n) is 8.85. The highest BCUT2D eigenvalue weighted by Crippen LogP contribution is 2.21. The molecule has 1 saturated heterocycles. The number of aryl methyl sites for hydroxylation is 2. The van der Waals surface area contributed by atoms with Crippen LogP contribution in [0.1, 0.15) is 17.0 Å². The molecule has 0 saturated carbocycles. The number of urea groups is 1. The Morgan fingerprint density at radius 1 is 1.19 bits per heavy atom. The van der Waals surface area contributed by atoms with Gasteiger partial charge in [0.25, 0.3) is 5.91 Å². The number of aliphatic imine (C=N–C) groups is 1. The molecule has 4 heterocycles. The molecule has 3 aliphatic rings. The highest BCUT2D eigenvalue weighted by atomic mass is 16.5. The minimum atomic E-state index is -0.416. The summed E-state index contributed by atoms with van der Waals surface area (Å²) in [5.74, 6) is 0.656. The molecular formula is C17H21N5O5. The fourth-order valence-corrected chi connectivity index (χ4v) is 3.19. The van der Waals surface area contributed by atoms with Crippen molar-refractivity contribution in [2.24, 2.45) is 4.99 Å². The lowest BCUT2D eigenvalue weighted by Gasteiger charge is -2.26. The van der Waals surface area contributed by atoms with Crippen molar-refractivity contribution in [3.8, 4) is 0 Å². The number of aromatic nitrogens is 1. The second-order valence-electron chi connectivity index (χ2n) is 6.59. The average molecular weight is 375 g/mol. The van der Waals surface area contributed by atoms with Gasteiger partial charge < -0.3 is 23.8 Å². The zero-order chi connectivity index (χ0) is 19.0. The molecule has 3 aliphatic heterocycles. The number of rotatable bonds is 3. The van der Waals surface area contributed by atoms with Crippen LogP contribution in [0.3, 0.4) is 0 Å². The molecule has 0 aliphatic carbocycles. The number of nitrogens with zero attached hydrogens (tertiary/aromatic N) is 5. The van der Waals surface area contributed by atoms with E-state index >= 15 is 0 Å². The highest BCUT2D eigenvalue weighted by molar-refractivity contribution is 6.00. The van der Waals surface area contributed by atoms with E-state index in [4.69, 9.17) is 14.0 Å². The first kappa shape index (κ1) is 17.5. The topological polar surface area (TPSA) is 101 Å². The van der Waals surface area contributed by atoms with E-state index in [0.29, 0.717) is 51.7 Å². The maximum absolute atomic E-state index is 12.5. The van der Waals surface area contributed by atoms with E-state index in [9.17, 15) is 9.59 Å². The Hall–Kier alpha value is -2.88. The summed E-state index contributed by atoms with van der Waals surface area (Å²) in [6.45, 7) is 7.02. The molecule has 0 atom stereocenters. The lowest BCUT2D eigenvalue weighted by Crippen LogP contribution is -2.41. The highest BCUT2D eigenvalue weighted by Gasteiger charge is 2.34. The van der Waals surface area contributed by atoms with Crippen LogP contribution in [0.5, 0.6) is 0 Å². The summed E-state index contributed by atoms with van der Waals surface area (Å²) < 4.78 is 16.0. The van der Waals surface area contributed by atoms with Gasteiger partial charge in [-0.1, -0.05) is 5.16 Å². The summed E-state index contributed by atoms with van der Waals surface area (Å²) in [6.07, 6.45) is 1.61. The van der Waals surface area contributed by atoms with E-state index < -0.39 is 6.03 Å². The number of ether oxygens (including phenoxy) is 2. The van der Waals surface area contributed by atoms with E-state index in [0.717, 1.165) is 11.3 Å². The predicted molar refractivity (Wildman–Crippen MR) is 92.5 cm³/mol. The van der Waals surface area contributed by atoms with Crippen LogP contribution in [0.25, 0.3) is 0 Å². The van der Waals surface area contributed by atoms with Crippen molar-refractivity contribution in [3.63, 3.8) is 0 Å². The first-order valence-corrected chi connectivity index (χ1v) is 8.85. The molecule has 0 spiro atoms. The number of amides is 3. The number of hydrogen-bond donors (Lipinski definition) is 0. The summed E-state index contributed by atoms with van der Waals surface area (Å²) >= 11 is 0. The van der Waals surface area contributed by atoms with Crippen molar-refractivity contribution in [2.75, 3.05) is 39.4 Å². The molecule has 1 fully saturated rings. The number of amidine groups is 1. The molecule has 0 bridgehead atoms. The van der Waals surface area contributed by atoms with Crippen LogP contribution in [0, 0.1) is 13.8 Å². The lowest BCUT2D eigenvalue weighted by molar-refractivity contribution is -0.133. The van der Waals surface area contributed by atoms with Gasteiger partial charge in [0.1, 0.15) is 5.76 Å². The molecule has 0 N–H and O–H groups in total. The monoisotopic (exact) mass is 375 g/mol. The molecule has 4 rings (SSSR count). The van der Waals surface area contributed by atoms with Crippen LogP contribution >= 0.6 is 0 Å². The molecule has 3 amide bonds. The van der Waals surface area contributed by atoms with E-state index in [-0.39, 0.29) is 17.7 Å². The van der Waals surface area contributed by atoms with Crippen LogP contribution in [-0.2, 0) is 20.8 Å². The lowest BCUT2D eigenvalue weighted by atomic mass is 10.2. The third-order valence-corrected chi connectivity index (χ3v) is 4.83. The van der Waals surface area contributed by atoms with Gasteiger partial charge in [-0.3, -0.25) is 9.69 Å². The first-order chi connectivity index (χ1) is 13.0. The number of morpholine rings is 1. The fourth-order valence-electron chi connectivity index (χ4n) is 3.19. The third-order valence-electron chi connectivity index (χ3n) is 4.83. The molecule has 144 valence electrons. The standard InChI is InChI=1S/C17H21N5O5/c1-11-13(12(2)27-19-11)9-21-3-4-22-10-14(26-17(22)18-16(21)24)15(23)20-5-7-25-8-6-20/h10H,3-9H2,1-2H3. The summed E-state index contributed by atoms with van der Waals surface area (Å²) in [5, 5.41) is 3.92. The Bertz CT molecular complexity index is 804. The quantitative estimate of drug-likeness (QED) is 0.763. The van der Waals surface area contributed by atoms with Gasteiger partial charge in [0.15, 0.2) is 0 Å². The van der Waals surface area contributed by atoms with Gasteiger partial charge in [-0.15, -0.1) is 4.99 Å². The van der Waals surface area contributed by atoms with Gasteiger partial charge in [0.2, 0.25) is 5.76 Å². The van der Waals surface area contributed by atoms with Crippen LogP contribution in [-0.4, -0.2) is 77.2 Å². The van der Waals surface area contributed by atoms with Gasteiger partial charge in [0, 0.05) is 31.7 Å². The second kappa shape index (κ2) is 7.03. The summed E-state index contributed by atoms with van der Waals surface area (Å²) in [5.41, 5.74) is 1.64. The molecule has 0 aromatic carbocycles. The van der Waals surface area contributed by atoms with Crippen molar-refractivity contribution in [3.05, 3.63) is 29.0 Å². The molecule has 1 aromatic rings. The summed E-state index contributed by atoms with van der Waals surface area (Å²) in [6, 6.07) is -0.279. The molecule has 27 heavy (non-hydrogen) atoms. The van der Waals surface area contributed by atoms with Crippen molar-refractivity contribution in [1.29, 1.82) is 0 Å². The van der Waals surface area contributed by atoms with Crippen LogP contribution in [0.4, 0.5) is 4.79 Å². The largest absolute Gasteiger partial charge is 0.418 e. The van der Waals surface area contributed by atoms with Gasteiger partial charge in [0.05, 0.1) is 31.7 Å². The van der Waals surface area contributed by atoms with Crippen LogP contribution in [0.2, 0.25) is 0 Å². The van der Waals surface area contributed by atoms with Gasteiger partial charge >= 0.3 is 12.1 Å². The second-order valence-corrected chi connectivity index (χ2v) is 6.59. The van der Waals surface area contributed by atoms with Gasteiger partial charge in [-0.05, 0) is 13.8 Å². The average Bonchev–Trinajstić information content (AvgIpc) is 3.18. The molecule has 10 nitrogen and oxygen atoms in total. The third kappa shape index (κ3) is 3.39. The predicted octanol–water partition coefficient (Wildman–Crippen LogP) is 0.615. The van der Waals surface area contributed by atoms with E-state index in [1.165, 1.54) is 0 Å². The Morgan fingerprint density at radius 3 is 2.67 bits per heavy atom. The smallest absolute Gasteiger partial charge is 0.348 e. The Morgan fingerprint density at radius 2 is 1.96 bits per heavy atom. The SMILES string of the molecule is Cc1noc(C)c1CN1CCN2C=C(C(=O)N3CCOCC3)OC2=NC1=O. The maximum atomic E-state index is 12.5. The zero-order valence-electron chi connectivity index (χ0n) is 15.3. The van der Waals surface area contributed by atoms with Crippen LogP contribution < -0.4 is 0 Å². The number of carbonyl (C=O) groups is 2. The van der Waals surface area contributed by atoms with Crippen molar-refractivity contribution in [2.45, 2.75) is 20.4 Å². The number of carbonyl (C=O) groups excluding carboxylic acids is 2. The molecule has 0 unspecified atom stereocenters. The van der Waals surface area contributed by atoms with Gasteiger partial charge in [-0.25, -0.2) is 4.79 Å². The normalized spacial score (nSPS) is 20.1. The minimum Gasteiger partial charge on any atom is -0.418 e. The number of fused-ring (bicyclic) bond motifs is 1. The van der Waals surface area contributed by atoms with Crippen molar-refractivity contribution >= 4 is 18.0 Å². The zero-order valence-corrected chi connectivity index (χ0v) is 15.3. The van der Waals surface area contributed by atoms with Gasteiger partial charge in [-0.2, -0.15) is 0 Å². The summed E-state index contributed by atoms with van der Waals surface area (Å²) in [4.78, 5) is 34.1. The Kier molecular flexibility index (Phi) is 4.56. The Balaban J connectivity index is 1.45. The van der Waals surface area contributed by atoms with E-state index in [1.807, 2.05) is 13.8 Å². The minimum absolute atomic E-state index is 0.137. The van der Waals surface area contributed by atoms with E-state index in [1.54, 1.807) is 20.9 Å². The van der Waals surface area contributed by atoms with Crippen molar-refractivity contribution in [1.82, 2.24) is 19.9 Å². The van der Waals surface area contributed by atoms with E-state index in [2.05, 4.69) is 10.1 Å². The maximum Gasteiger partial charge on any atom is 0.348 e. The molecule has 10 heteroatoms. The summed E-state index contributed by atoms with van der Waals surface area (Å²) in [7, 11) is 0. The van der Waals surface area contributed by atoms with Crippen molar-refractivity contribution < 1.29 is 23.6 Å². The Labute approximate surface area is 156 Å². The molecular weight excluding hydrogens is 354 g/mol. The molecule has 1 aromatic heterocycles. The van der Waals surface area contributed by atoms with Crippen LogP contribution in [0.15, 0.2) is 21.5 Å². The number of hydrogen-bond acceptors (Lipinski definition) is 7. The fraction of sp³-hybridized carbons (Fsp3) is 0.529.